The summed E-state index contributed by atoms with van der Waals surface area (Å²) in [5, 5.41) is 0.416. The molecule has 2 rings (SSSR count). The Hall–Kier alpha value is -0.410. The molecule has 0 amide bonds. The quantitative estimate of drug-likeness (QED) is 0.500. The number of nitrogens with two attached hydrogens (primary N) is 1. The lowest BCUT2D eigenvalue weighted by molar-refractivity contribution is 0.601. The molecule has 21 heavy (non-hydrogen) atoms. The predicted molar refractivity (Wildman–Crippen MR) is 95.9 cm³/mol. The summed E-state index contributed by atoms with van der Waals surface area (Å²) in [6, 6.07) is 7.42. The van der Waals surface area contributed by atoms with Crippen molar-refractivity contribution in [3.05, 3.63) is 49.0 Å². The van der Waals surface area contributed by atoms with Crippen molar-refractivity contribution in [2.24, 2.45) is 0 Å². The van der Waals surface area contributed by atoms with Crippen LogP contribution in [-0.4, -0.2) is 8.42 Å². The van der Waals surface area contributed by atoms with Crippen molar-refractivity contribution in [2.75, 3.05) is 10.5 Å². The van der Waals surface area contributed by atoms with Crippen molar-refractivity contribution in [2.45, 2.75) is 4.90 Å². The summed E-state index contributed by atoms with van der Waals surface area (Å²) in [7, 11) is -3.94. The van der Waals surface area contributed by atoms with Gasteiger partial charge >= 0.3 is 0 Å². The monoisotopic (exact) mass is 476 g/mol. The van der Waals surface area contributed by atoms with Gasteiger partial charge in [-0.3, -0.25) is 4.72 Å². The molecule has 0 atom stereocenters. The number of halogens is 4. The first-order chi connectivity index (χ1) is 9.70. The van der Waals surface area contributed by atoms with Crippen LogP contribution < -0.4 is 10.5 Å². The van der Waals surface area contributed by atoms with Gasteiger partial charge in [-0.05, 0) is 52.9 Å². The molecule has 9 heteroatoms. The van der Waals surface area contributed by atoms with Gasteiger partial charge in [0.25, 0.3) is 10.0 Å². The van der Waals surface area contributed by atoms with Crippen molar-refractivity contribution >= 4 is 78.8 Å². The minimum atomic E-state index is -3.94. The number of rotatable bonds is 3. The van der Waals surface area contributed by atoms with Crippen LogP contribution in [0, 0.1) is 3.57 Å². The van der Waals surface area contributed by atoms with E-state index < -0.39 is 10.0 Å². The minimum absolute atomic E-state index is 0.0449. The van der Waals surface area contributed by atoms with Gasteiger partial charge in [-0.15, -0.1) is 0 Å². The van der Waals surface area contributed by atoms with Crippen LogP contribution >= 0.6 is 57.4 Å². The third-order valence-corrected chi connectivity index (χ3v) is 5.88. The van der Waals surface area contributed by atoms with E-state index in [9.17, 15) is 8.42 Å². The van der Waals surface area contributed by atoms with Crippen molar-refractivity contribution in [3.63, 3.8) is 0 Å². The lowest BCUT2D eigenvalue weighted by Gasteiger charge is -2.13. The fourth-order valence-corrected chi connectivity index (χ4v) is 5.11. The Balaban J connectivity index is 2.48. The average Bonchev–Trinajstić information content (AvgIpc) is 2.30. The van der Waals surface area contributed by atoms with E-state index in [1.54, 1.807) is 18.2 Å². The molecule has 0 saturated heterocycles. The van der Waals surface area contributed by atoms with E-state index >= 15 is 0 Å². The lowest BCUT2D eigenvalue weighted by atomic mass is 10.3. The highest BCUT2D eigenvalue weighted by Gasteiger charge is 2.23. The van der Waals surface area contributed by atoms with Gasteiger partial charge in [0.1, 0.15) is 4.90 Å². The summed E-state index contributed by atoms with van der Waals surface area (Å²) in [4.78, 5) is -0.217. The van der Waals surface area contributed by atoms with Crippen LogP contribution in [0.1, 0.15) is 0 Å². The van der Waals surface area contributed by atoms with E-state index in [0.717, 1.165) is 0 Å². The molecule has 0 fully saturated rings. The molecule has 0 radical (unpaired) electrons. The Morgan fingerprint density at radius 2 is 1.62 bits per heavy atom. The predicted octanol–water partition coefficient (Wildman–Crippen LogP) is 4.63. The van der Waals surface area contributed by atoms with Crippen LogP contribution in [-0.2, 0) is 10.0 Å². The molecule has 4 nitrogen and oxygen atoms in total. The average molecular weight is 478 g/mol. The van der Waals surface area contributed by atoms with E-state index in [1.807, 2.05) is 22.6 Å². The molecular formula is C12H8Cl3IN2O2S. The number of sulfonamides is 1. The molecule has 2 aromatic carbocycles. The van der Waals surface area contributed by atoms with E-state index in [4.69, 9.17) is 40.5 Å². The molecule has 0 heterocycles. The summed E-state index contributed by atoms with van der Waals surface area (Å²) in [5.74, 6) is 0. The second-order valence-corrected chi connectivity index (χ2v) is 8.08. The van der Waals surface area contributed by atoms with Crippen LogP contribution in [0.3, 0.4) is 0 Å². The Kier molecular flexibility index (Phi) is 5.15. The second kappa shape index (κ2) is 6.37. The summed E-state index contributed by atoms with van der Waals surface area (Å²) >= 11 is 19.7. The zero-order valence-corrected chi connectivity index (χ0v) is 15.4. The van der Waals surface area contributed by atoms with E-state index in [1.165, 1.54) is 12.1 Å². The molecule has 0 aromatic heterocycles. The molecule has 0 spiro atoms. The molecule has 0 aliphatic carbocycles. The third-order valence-electron chi connectivity index (χ3n) is 2.46. The zero-order chi connectivity index (χ0) is 15.8. The highest BCUT2D eigenvalue weighted by atomic mass is 127. The summed E-state index contributed by atoms with van der Waals surface area (Å²) in [6.45, 7) is 0. The molecule has 0 aliphatic rings. The van der Waals surface area contributed by atoms with Crippen LogP contribution in [0.25, 0.3) is 0 Å². The Morgan fingerprint density at radius 3 is 2.14 bits per heavy atom. The number of hydrogen-bond donors (Lipinski definition) is 2. The standard InChI is InChI=1S/C12H8Cl3IN2O2S/c13-6-1-2-11(10(16)3-6)18-21(19,20)12-8(14)4-7(17)5-9(12)15/h1-5,18H,17H2. The van der Waals surface area contributed by atoms with Gasteiger partial charge < -0.3 is 5.73 Å². The molecular weight excluding hydrogens is 469 g/mol. The lowest BCUT2D eigenvalue weighted by Crippen LogP contribution is -2.15. The molecule has 0 bridgehead atoms. The number of hydrogen-bond acceptors (Lipinski definition) is 3. The summed E-state index contributed by atoms with van der Waals surface area (Å²) in [5.41, 5.74) is 6.23. The molecule has 3 N–H and O–H groups in total. The van der Waals surface area contributed by atoms with E-state index in [2.05, 4.69) is 4.72 Å². The Morgan fingerprint density at radius 1 is 1.05 bits per heavy atom. The number of nitrogen functional groups attached to an aromatic ring is 1. The number of nitrogens with one attached hydrogen (secondary N) is 1. The maximum atomic E-state index is 12.4. The van der Waals surface area contributed by atoms with Gasteiger partial charge in [-0.1, -0.05) is 34.8 Å². The van der Waals surface area contributed by atoms with Gasteiger partial charge in [0.05, 0.1) is 15.7 Å². The highest BCUT2D eigenvalue weighted by molar-refractivity contribution is 14.1. The maximum absolute atomic E-state index is 12.4. The van der Waals surface area contributed by atoms with E-state index in [0.29, 0.717) is 14.3 Å². The summed E-state index contributed by atoms with van der Waals surface area (Å²) < 4.78 is 27.9. The fraction of sp³-hybridized carbons (Fsp3) is 0. The normalized spacial score (nSPS) is 11.4. The Bertz CT molecular complexity index is 789. The van der Waals surface area contributed by atoms with Gasteiger partial charge in [-0.25, -0.2) is 8.42 Å². The molecule has 0 aliphatic heterocycles. The van der Waals surface area contributed by atoms with Gasteiger partial charge in [-0.2, -0.15) is 0 Å². The first-order valence-corrected chi connectivity index (χ1v) is 9.12. The molecule has 0 saturated carbocycles. The topological polar surface area (TPSA) is 72.2 Å². The number of anilines is 2. The molecule has 112 valence electrons. The van der Waals surface area contributed by atoms with Crippen molar-refractivity contribution in [1.29, 1.82) is 0 Å². The van der Waals surface area contributed by atoms with Crippen LogP contribution in [0.15, 0.2) is 35.2 Å². The molecule has 0 unspecified atom stereocenters. The van der Waals surface area contributed by atoms with E-state index in [-0.39, 0.29) is 20.6 Å². The van der Waals surface area contributed by atoms with Crippen LogP contribution in [0.2, 0.25) is 15.1 Å². The fourth-order valence-electron chi connectivity index (χ4n) is 1.60. The van der Waals surface area contributed by atoms with Crippen molar-refractivity contribution in [1.82, 2.24) is 0 Å². The smallest absolute Gasteiger partial charge is 0.264 e. The summed E-state index contributed by atoms with van der Waals surface area (Å²) in [6.07, 6.45) is 0. The number of benzene rings is 2. The Labute approximate surface area is 150 Å². The van der Waals surface area contributed by atoms with Gasteiger partial charge in [0.2, 0.25) is 0 Å². The highest BCUT2D eigenvalue weighted by Crippen LogP contribution is 2.34. The second-order valence-electron chi connectivity index (χ2n) is 4.04. The van der Waals surface area contributed by atoms with Crippen molar-refractivity contribution in [3.8, 4) is 0 Å². The zero-order valence-electron chi connectivity index (χ0n) is 10.2. The third kappa shape index (κ3) is 3.87. The van der Waals surface area contributed by atoms with Crippen molar-refractivity contribution < 1.29 is 8.42 Å². The van der Waals surface area contributed by atoms with Crippen LogP contribution in [0.4, 0.5) is 11.4 Å². The van der Waals surface area contributed by atoms with Gasteiger partial charge in [0.15, 0.2) is 0 Å². The van der Waals surface area contributed by atoms with Crippen LogP contribution in [0.5, 0.6) is 0 Å². The molecule has 2 aromatic rings. The van der Waals surface area contributed by atoms with Gasteiger partial charge in [0, 0.05) is 14.3 Å². The first kappa shape index (κ1) is 17.0. The first-order valence-electron chi connectivity index (χ1n) is 5.43. The minimum Gasteiger partial charge on any atom is -0.399 e. The largest absolute Gasteiger partial charge is 0.399 e. The SMILES string of the molecule is Nc1cc(Cl)c(S(=O)(=O)Nc2ccc(Cl)cc2I)c(Cl)c1. The maximum Gasteiger partial charge on any atom is 0.264 e.